The minimum Gasteiger partial charge on any atom is -0.456 e. The maximum Gasteiger partial charge on any atom is 0.164 e. The van der Waals surface area contributed by atoms with Gasteiger partial charge in [-0.05, 0) is 88.0 Å². The van der Waals surface area contributed by atoms with Crippen LogP contribution in [0.4, 0.5) is 0 Å². The van der Waals surface area contributed by atoms with E-state index in [1.54, 1.807) is 0 Å². The summed E-state index contributed by atoms with van der Waals surface area (Å²) >= 11 is 0. The summed E-state index contributed by atoms with van der Waals surface area (Å²) < 4.78 is 12.6. The molecule has 0 bridgehead atoms. The molecule has 11 aromatic rings. The number of benzene rings is 8. The molecular weight excluding hydrogens is 687 g/mol. The molecule has 8 aromatic carbocycles. The quantitative estimate of drug-likeness (QED) is 0.171. The molecule has 262 valence electrons. The second-order valence-electron chi connectivity index (χ2n) is 14.0. The van der Waals surface area contributed by atoms with Crippen LogP contribution in [-0.4, -0.2) is 15.0 Å². The average Bonchev–Trinajstić information content (AvgIpc) is 3.84. The Hall–Kier alpha value is -7.63. The third-order valence-electron chi connectivity index (χ3n) is 10.5. The summed E-state index contributed by atoms with van der Waals surface area (Å²) in [7, 11) is 0. The van der Waals surface area contributed by atoms with Gasteiger partial charge < -0.3 is 8.83 Å². The summed E-state index contributed by atoms with van der Waals surface area (Å²) in [5.74, 6) is 1.78. The van der Waals surface area contributed by atoms with Crippen molar-refractivity contribution in [3.05, 3.63) is 188 Å². The van der Waals surface area contributed by atoms with Gasteiger partial charge in [-0.15, -0.1) is 0 Å². The molecule has 3 aromatic heterocycles. The highest BCUT2D eigenvalue weighted by molar-refractivity contribution is 6.09. The maximum atomic E-state index is 6.49. The second-order valence-corrected chi connectivity index (χ2v) is 14.0. The molecule has 0 aliphatic heterocycles. The smallest absolute Gasteiger partial charge is 0.164 e. The summed E-state index contributed by atoms with van der Waals surface area (Å²) in [6.45, 7) is 0. The number of hydrogen-bond acceptors (Lipinski definition) is 5. The number of hydrogen-bond donors (Lipinski definition) is 0. The van der Waals surface area contributed by atoms with E-state index in [0.29, 0.717) is 17.5 Å². The number of nitrogens with zero attached hydrogens (tertiary/aromatic N) is 3. The van der Waals surface area contributed by atoms with Crippen LogP contribution in [0.15, 0.2) is 197 Å². The van der Waals surface area contributed by atoms with E-state index in [1.165, 1.54) is 0 Å². The van der Waals surface area contributed by atoms with Gasteiger partial charge in [0.05, 0.1) is 0 Å². The first-order valence-corrected chi connectivity index (χ1v) is 18.7. The van der Waals surface area contributed by atoms with E-state index in [9.17, 15) is 0 Å². The molecule has 0 saturated carbocycles. The van der Waals surface area contributed by atoms with E-state index in [0.717, 1.165) is 93.9 Å². The van der Waals surface area contributed by atoms with Gasteiger partial charge in [0.15, 0.2) is 17.5 Å². The SMILES string of the molecule is c1ccc(-c2cccc(-c3nc(-c4cccc(-c5ccccc5)c4)nc(-c4ccc5c(c4)oc4ccc(-c6ccc7oc8ccccc8c7c6)cc45)n3)c2)cc1. The molecule has 5 heteroatoms. The number of para-hydroxylation sites is 1. The zero-order valence-electron chi connectivity index (χ0n) is 30.1. The Morgan fingerprint density at radius 2 is 0.625 bits per heavy atom. The largest absolute Gasteiger partial charge is 0.456 e. The Balaban J connectivity index is 1.02. The molecule has 0 spiro atoms. The molecule has 0 radical (unpaired) electrons. The molecule has 5 nitrogen and oxygen atoms in total. The first-order chi connectivity index (χ1) is 27.7. The van der Waals surface area contributed by atoms with E-state index in [2.05, 4.69) is 152 Å². The fourth-order valence-electron chi connectivity index (χ4n) is 7.70. The van der Waals surface area contributed by atoms with Crippen LogP contribution in [0.5, 0.6) is 0 Å². The van der Waals surface area contributed by atoms with Gasteiger partial charge in [-0.1, -0.05) is 133 Å². The van der Waals surface area contributed by atoms with Crippen LogP contribution in [-0.2, 0) is 0 Å². The Kier molecular flexibility index (Phi) is 7.42. The molecule has 0 N–H and O–H groups in total. The van der Waals surface area contributed by atoms with Crippen LogP contribution in [0.1, 0.15) is 0 Å². The van der Waals surface area contributed by atoms with Crippen LogP contribution in [0.3, 0.4) is 0 Å². The minimum atomic E-state index is 0.573. The van der Waals surface area contributed by atoms with Gasteiger partial charge in [0, 0.05) is 38.2 Å². The van der Waals surface area contributed by atoms with Gasteiger partial charge in [0.2, 0.25) is 0 Å². The standard InChI is InChI=1S/C51H31N3O2/c1-3-11-32(12-4-1)34-15-9-17-38(27-34)49-52-50(39-18-10-16-35(28-39)33-13-5-2-6-14-33)54-51(53-49)40-21-24-42-44-30-37(23-26-47(44)56-48(42)31-40)36-22-25-46-43(29-36)41-19-7-8-20-45(41)55-46/h1-31H. The van der Waals surface area contributed by atoms with Gasteiger partial charge >= 0.3 is 0 Å². The molecule has 56 heavy (non-hydrogen) atoms. The highest BCUT2D eigenvalue weighted by atomic mass is 16.3. The van der Waals surface area contributed by atoms with Crippen molar-refractivity contribution in [1.82, 2.24) is 15.0 Å². The first kappa shape index (κ1) is 31.9. The fourth-order valence-corrected chi connectivity index (χ4v) is 7.70. The third kappa shape index (κ3) is 5.62. The summed E-state index contributed by atoms with van der Waals surface area (Å²) in [6, 6.07) is 64.7. The van der Waals surface area contributed by atoms with Crippen LogP contribution in [0.25, 0.3) is 111 Å². The van der Waals surface area contributed by atoms with Crippen molar-refractivity contribution in [1.29, 1.82) is 0 Å². The lowest BCUT2D eigenvalue weighted by Gasteiger charge is -2.10. The van der Waals surface area contributed by atoms with Crippen molar-refractivity contribution in [2.45, 2.75) is 0 Å². The lowest BCUT2D eigenvalue weighted by Crippen LogP contribution is -2.00. The van der Waals surface area contributed by atoms with Crippen molar-refractivity contribution in [3.8, 4) is 67.5 Å². The first-order valence-electron chi connectivity index (χ1n) is 18.7. The number of furan rings is 2. The Morgan fingerprint density at radius 3 is 1.20 bits per heavy atom. The van der Waals surface area contributed by atoms with Gasteiger partial charge in [0.1, 0.15) is 22.3 Å². The van der Waals surface area contributed by atoms with Crippen molar-refractivity contribution in [2.75, 3.05) is 0 Å². The molecule has 0 amide bonds. The summed E-state index contributed by atoms with van der Waals surface area (Å²) in [6.07, 6.45) is 0. The maximum absolute atomic E-state index is 6.49. The number of rotatable bonds is 6. The Bertz CT molecular complexity index is 3150. The molecule has 0 saturated heterocycles. The predicted octanol–water partition coefficient (Wildman–Crippen LogP) is 13.7. The van der Waals surface area contributed by atoms with Gasteiger partial charge in [-0.3, -0.25) is 0 Å². The van der Waals surface area contributed by atoms with Crippen LogP contribution in [0, 0.1) is 0 Å². The number of fused-ring (bicyclic) bond motifs is 6. The van der Waals surface area contributed by atoms with Crippen LogP contribution in [0.2, 0.25) is 0 Å². The normalized spacial score (nSPS) is 11.6. The third-order valence-corrected chi connectivity index (χ3v) is 10.5. The molecule has 0 fully saturated rings. The lowest BCUT2D eigenvalue weighted by atomic mass is 10.0. The topological polar surface area (TPSA) is 65.0 Å². The van der Waals surface area contributed by atoms with Crippen molar-refractivity contribution in [3.63, 3.8) is 0 Å². The second kappa shape index (κ2) is 13.0. The molecule has 11 rings (SSSR count). The lowest BCUT2D eigenvalue weighted by molar-refractivity contribution is 0.668. The van der Waals surface area contributed by atoms with Gasteiger partial charge in [-0.2, -0.15) is 0 Å². The average molecular weight is 718 g/mol. The Labute approximate surface area is 322 Å². The van der Waals surface area contributed by atoms with E-state index < -0.39 is 0 Å². The van der Waals surface area contributed by atoms with Gasteiger partial charge in [0.25, 0.3) is 0 Å². The minimum absolute atomic E-state index is 0.573. The predicted molar refractivity (Wildman–Crippen MR) is 227 cm³/mol. The molecule has 0 atom stereocenters. The Morgan fingerprint density at radius 1 is 0.232 bits per heavy atom. The monoisotopic (exact) mass is 717 g/mol. The molecule has 0 aliphatic carbocycles. The molecule has 3 heterocycles. The highest BCUT2D eigenvalue weighted by Crippen LogP contribution is 2.37. The van der Waals surface area contributed by atoms with Crippen LogP contribution < -0.4 is 0 Å². The molecule has 0 aliphatic rings. The van der Waals surface area contributed by atoms with Gasteiger partial charge in [-0.25, -0.2) is 15.0 Å². The molecule has 0 unspecified atom stereocenters. The molecular formula is C51H31N3O2. The van der Waals surface area contributed by atoms with Crippen LogP contribution >= 0.6 is 0 Å². The highest BCUT2D eigenvalue weighted by Gasteiger charge is 2.17. The van der Waals surface area contributed by atoms with Crippen molar-refractivity contribution >= 4 is 43.9 Å². The summed E-state index contributed by atoms with van der Waals surface area (Å²) in [5, 5.41) is 4.30. The van der Waals surface area contributed by atoms with Crippen molar-refractivity contribution < 1.29 is 8.83 Å². The van der Waals surface area contributed by atoms with E-state index in [1.807, 2.05) is 36.4 Å². The fraction of sp³-hybridized carbons (Fsp3) is 0. The number of aromatic nitrogens is 3. The zero-order valence-corrected chi connectivity index (χ0v) is 30.1. The van der Waals surface area contributed by atoms with E-state index in [-0.39, 0.29) is 0 Å². The van der Waals surface area contributed by atoms with Crippen molar-refractivity contribution in [2.24, 2.45) is 0 Å². The summed E-state index contributed by atoms with van der Waals surface area (Å²) in [5.41, 5.74) is 12.7. The van der Waals surface area contributed by atoms with E-state index in [4.69, 9.17) is 23.8 Å². The van der Waals surface area contributed by atoms with E-state index >= 15 is 0 Å². The summed E-state index contributed by atoms with van der Waals surface area (Å²) in [4.78, 5) is 15.3. The zero-order chi connectivity index (χ0) is 37.0.